The zero-order valence-electron chi connectivity index (χ0n) is 16.1. The molecule has 1 fully saturated rings. The first-order valence-corrected chi connectivity index (χ1v) is 10.6. The van der Waals surface area contributed by atoms with Crippen LogP contribution < -0.4 is 4.90 Å². The lowest BCUT2D eigenvalue weighted by molar-refractivity contribution is -0.384. The third kappa shape index (κ3) is 4.65. The molecule has 0 N–H and O–H groups in total. The molecule has 33 heavy (non-hydrogen) atoms. The maximum atomic E-state index is 13.0. The van der Waals surface area contributed by atoms with Crippen molar-refractivity contribution in [1.29, 1.82) is 0 Å². The number of hydrogen-bond acceptors (Lipinski definition) is 6. The Kier molecular flexibility index (Phi) is 6.04. The van der Waals surface area contributed by atoms with Crippen LogP contribution in [0.1, 0.15) is 11.3 Å². The summed E-state index contributed by atoms with van der Waals surface area (Å²) in [5.41, 5.74) is -0.640. The summed E-state index contributed by atoms with van der Waals surface area (Å²) in [5, 5.41) is 10.8. The van der Waals surface area contributed by atoms with E-state index in [1.807, 2.05) is 0 Å². The number of nitrogens with zero attached hydrogens (tertiary/aromatic N) is 2. The minimum Gasteiger partial charge on any atom is -0.457 e. The monoisotopic (exact) mass is 510 g/mol. The molecule has 6 nitrogen and oxygen atoms in total. The van der Waals surface area contributed by atoms with Crippen molar-refractivity contribution >= 4 is 63.3 Å². The standard InChI is InChI=1S/C21H10ClF3N2O4S2/c22-15-8-11(4-6-16(15)27(29)30)17-7-5-14(31-17)10-18-19(28)26(20(32)33-18)13-3-1-2-12(9-13)21(23,24)25/h1-10H/b18-10+. The number of carbonyl (C=O) groups is 1. The van der Waals surface area contributed by atoms with Gasteiger partial charge < -0.3 is 4.42 Å². The molecule has 12 heteroatoms. The topological polar surface area (TPSA) is 76.6 Å². The Labute approximate surface area is 198 Å². The summed E-state index contributed by atoms with van der Waals surface area (Å²) >= 11 is 12.1. The van der Waals surface area contributed by atoms with Crippen molar-refractivity contribution in [2.24, 2.45) is 0 Å². The Hall–Kier alpha value is -3.15. The van der Waals surface area contributed by atoms with E-state index in [2.05, 4.69) is 0 Å². The Morgan fingerprint density at radius 1 is 1.15 bits per heavy atom. The van der Waals surface area contributed by atoms with E-state index in [1.54, 1.807) is 12.1 Å². The summed E-state index contributed by atoms with van der Waals surface area (Å²) in [4.78, 5) is 24.3. The quantitative estimate of drug-likeness (QED) is 0.164. The van der Waals surface area contributed by atoms with Crippen molar-refractivity contribution in [2.45, 2.75) is 6.18 Å². The molecule has 1 aliphatic rings. The van der Waals surface area contributed by atoms with Crippen molar-refractivity contribution in [1.82, 2.24) is 0 Å². The smallest absolute Gasteiger partial charge is 0.416 e. The van der Waals surface area contributed by atoms with Gasteiger partial charge in [-0.25, -0.2) is 0 Å². The fourth-order valence-electron chi connectivity index (χ4n) is 3.03. The van der Waals surface area contributed by atoms with Crippen LogP contribution in [0.25, 0.3) is 17.4 Å². The van der Waals surface area contributed by atoms with Gasteiger partial charge in [0.1, 0.15) is 16.5 Å². The normalized spacial score (nSPS) is 15.5. The molecule has 168 valence electrons. The van der Waals surface area contributed by atoms with Crippen LogP contribution in [0, 0.1) is 10.1 Å². The fraction of sp³-hybridized carbons (Fsp3) is 0.0476. The number of thioether (sulfide) groups is 1. The van der Waals surface area contributed by atoms with Crippen LogP contribution in [0.5, 0.6) is 0 Å². The molecular weight excluding hydrogens is 501 g/mol. The number of nitro groups is 1. The number of furan rings is 1. The van der Waals surface area contributed by atoms with Crippen molar-refractivity contribution < 1.29 is 27.3 Å². The second kappa shape index (κ2) is 8.65. The first kappa shape index (κ1) is 23.0. The van der Waals surface area contributed by atoms with E-state index in [4.69, 9.17) is 28.2 Å². The highest BCUT2D eigenvalue weighted by atomic mass is 35.5. The van der Waals surface area contributed by atoms with Gasteiger partial charge in [0.2, 0.25) is 0 Å². The molecular formula is C21H10ClF3N2O4S2. The third-order valence-corrected chi connectivity index (χ3v) is 6.16. The molecule has 0 spiro atoms. The molecule has 0 atom stereocenters. The molecule has 2 heterocycles. The van der Waals surface area contributed by atoms with E-state index in [9.17, 15) is 28.1 Å². The fourth-order valence-corrected chi connectivity index (χ4v) is 4.56. The summed E-state index contributed by atoms with van der Waals surface area (Å²) in [6.45, 7) is 0. The molecule has 2 aromatic carbocycles. The van der Waals surface area contributed by atoms with Crippen LogP contribution >= 0.6 is 35.6 Å². The molecule has 0 saturated carbocycles. The van der Waals surface area contributed by atoms with Gasteiger partial charge in [0.05, 0.1) is 21.1 Å². The number of thiocarbonyl (C=S) groups is 1. The number of alkyl halides is 3. The highest BCUT2D eigenvalue weighted by molar-refractivity contribution is 8.27. The van der Waals surface area contributed by atoms with Gasteiger partial charge in [-0.05, 0) is 42.5 Å². The van der Waals surface area contributed by atoms with E-state index < -0.39 is 22.6 Å². The van der Waals surface area contributed by atoms with Crippen LogP contribution in [0.15, 0.2) is 63.9 Å². The summed E-state index contributed by atoms with van der Waals surface area (Å²) in [5.74, 6) is 0.0519. The molecule has 1 saturated heterocycles. The Morgan fingerprint density at radius 3 is 2.58 bits per heavy atom. The largest absolute Gasteiger partial charge is 0.457 e. The van der Waals surface area contributed by atoms with E-state index in [0.717, 1.165) is 28.8 Å². The zero-order valence-corrected chi connectivity index (χ0v) is 18.5. The van der Waals surface area contributed by atoms with Gasteiger partial charge >= 0.3 is 6.18 Å². The number of carbonyl (C=O) groups excluding carboxylic acids is 1. The van der Waals surface area contributed by atoms with Crippen LogP contribution in [0.4, 0.5) is 24.5 Å². The second-order valence-electron chi connectivity index (χ2n) is 6.69. The number of rotatable bonds is 4. The molecule has 1 amide bonds. The molecule has 1 aromatic heterocycles. The summed E-state index contributed by atoms with van der Waals surface area (Å²) < 4.78 is 44.9. The summed E-state index contributed by atoms with van der Waals surface area (Å²) in [7, 11) is 0. The number of benzene rings is 2. The van der Waals surface area contributed by atoms with Gasteiger partial charge in [0.15, 0.2) is 4.32 Å². The number of hydrogen-bond donors (Lipinski definition) is 0. The lowest BCUT2D eigenvalue weighted by Crippen LogP contribution is -2.27. The van der Waals surface area contributed by atoms with Gasteiger partial charge in [-0.2, -0.15) is 13.2 Å². The third-order valence-electron chi connectivity index (χ3n) is 4.55. The lowest BCUT2D eigenvalue weighted by atomic mass is 10.1. The number of amides is 1. The van der Waals surface area contributed by atoms with E-state index in [-0.39, 0.29) is 31.4 Å². The van der Waals surface area contributed by atoms with Crippen LogP contribution in [-0.4, -0.2) is 15.2 Å². The molecule has 1 aliphatic heterocycles. The van der Waals surface area contributed by atoms with E-state index in [0.29, 0.717) is 11.3 Å². The van der Waals surface area contributed by atoms with Crippen molar-refractivity contribution in [3.8, 4) is 11.3 Å². The van der Waals surface area contributed by atoms with Gasteiger partial charge in [-0.1, -0.05) is 41.6 Å². The van der Waals surface area contributed by atoms with E-state index in [1.165, 1.54) is 36.4 Å². The maximum Gasteiger partial charge on any atom is 0.416 e. The number of halogens is 4. The van der Waals surface area contributed by atoms with Crippen molar-refractivity contribution in [3.63, 3.8) is 0 Å². The average molecular weight is 511 g/mol. The zero-order chi connectivity index (χ0) is 23.9. The summed E-state index contributed by atoms with van der Waals surface area (Å²) in [6.07, 6.45) is -3.14. The van der Waals surface area contributed by atoms with Crippen LogP contribution in [0.2, 0.25) is 5.02 Å². The predicted octanol–water partition coefficient (Wildman–Crippen LogP) is 6.93. The van der Waals surface area contributed by atoms with Gasteiger partial charge in [-0.15, -0.1) is 0 Å². The van der Waals surface area contributed by atoms with Crippen LogP contribution in [-0.2, 0) is 11.0 Å². The highest BCUT2D eigenvalue weighted by Crippen LogP contribution is 2.39. The highest BCUT2D eigenvalue weighted by Gasteiger charge is 2.36. The molecule has 0 bridgehead atoms. The van der Waals surface area contributed by atoms with Gasteiger partial charge in [0, 0.05) is 17.7 Å². The molecule has 0 unspecified atom stereocenters. The summed E-state index contributed by atoms with van der Waals surface area (Å²) in [6, 6.07) is 11.6. The minimum atomic E-state index is -4.56. The van der Waals surface area contributed by atoms with Crippen LogP contribution in [0.3, 0.4) is 0 Å². The molecule has 4 rings (SSSR count). The second-order valence-corrected chi connectivity index (χ2v) is 8.77. The van der Waals surface area contributed by atoms with Gasteiger partial charge in [0.25, 0.3) is 11.6 Å². The Morgan fingerprint density at radius 2 is 1.91 bits per heavy atom. The van der Waals surface area contributed by atoms with Gasteiger partial charge in [-0.3, -0.25) is 19.8 Å². The molecule has 3 aromatic rings. The number of nitro benzene ring substituents is 1. The molecule has 0 radical (unpaired) electrons. The molecule has 0 aliphatic carbocycles. The average Bonchev–Trinajstić information content (AvgIpc) is 3.31. The number of anilines is 1. The van der Waals surface area contributed by atoms with Crippen molar-refractivity contribution in [2.75, 3.05) is 4.90 Å². The minimum absolute atomic E-state index is 0.0105. The van der Waals surface area contributed by atoms with Crippen molar-refractivity contribution in [3.05, 3.63) is 86.0 Å². The Bertz CT molecular complexity index is 1340. The predicted molar refractivity (Wildman–Crippen MR) is 123 cm³/mol. The first-order valence-electron chi connectivity index (χ1n) is 9.04. The first-order chi connectivity index (χ1) is 15.5. The lowest BCUT2D eigenvalue weighted by Gasteiger charge is -2.16. The SMILES string of the molecule is O=C1/C(=C\c2ccc(-c3ccc([N+](=O)[O-])c(Cl)c3)o2)SC(=S)N1c1cccc(C(F)(F)F)c1. The Balaban J connectivity index is 1.60. The maximum absolute atomic E-state index is 13.0. The van der Waals surface area contributed by atoms with E-state index >= 15 is 0 Å².